The minimum Gasteiger partial charge on any atom is -0.504 e. The third-order valence-electron chi connectivity index (χ3n) is 4.38. The predicted octanol–water partition coefficient (Wildman–Crippen LogP) is 3.20. The highest BCUT2D eigenvalue weighted by Gasteiger charge is 2.10. The molecule has 0 aromatic heterocycles. The fourth-order valence-corrected chi connectivity index (χ4v) is 3.04. The second-order valence-electron chi connectivity index (χ2n) is 6.38. The summed E-state index contributed by atoms with van der Waals surface area (Å²) in [5, 5.41) is 13.6. The van der Waals surface area contributed by atoms with Gasteiger partial charge in [-0.15, -0.1) is 0 Å². The number of phenols is 1. The molecule has 0 aliphatic heterocycles. The number of carbonyl (C=O) groups is 1. The van der Waals surface area contributed by atoms with Gasteiger partial charge < -0.3 is 14.6 Å². The van der Waals surface area contributed by atoms with E-state index in [1.807, 2.05) is 19.1 Å². The van der Waals surface area contributed by atoms with E-state index in [0.29, 0.717) is 23.7 Å². The van der Waals surface area contributed by atoms with Crippen LogP contribution in [0, 0.1) is 0 Å². The van der Waals surface area contributed by atoms with E-state index in [1.165, 1.54) is 36.2 Å². The Balaban J connectivity index is 1.49. The fourth-order valence-electron chi connectivity index (χ4n) is 3.04. The van der Waals surface area contributed by atoms with Crippen LogP contribution in [0.2, 0.25) is 0 Å². The van der Waals surface area contributed by atoms with E-state index < -0.39 is 0 Å². The molecule has 1 aliphatic rings. The van der Waals surface area contributed by atoms with Crippen LogP contribution >= 0.6 is 0 Å². The lowest BCUT2D eigenvalue weighted by Crippen LogP contribution is -2.24. The molecule has 1 aliphatic carbocycles. The minimum absolute atomic E-state index is 0.0662. The zero-order valence-corrected chi connectivity index (χ0v) is 15.4. The Hall–Kier alpha value is -3.02. The first-order chi connectivity index (χ1) is 13.2. The van der Waals surface area contributed by atoms with Gasteiger partial charge in [-0.05, 0) is 79.6 Å². The van der Waals surface area contributed by atoms with Crippen molar-refractivity contribution in [1.29, 1.82) is 0 Å². The fraction of sp³-hybridized carbons (Fsp3) is 0.333. The Kier molecular flexibility index (Phi) is 6.30. The number of nitrogens with one attached hydrogen (secondary N) is 1. The molecule has 0 unspecified atom stereocenters. The van der Waals surface area contributed by atoms with Gasteiger partial charge in [0.2, 0.25) is 0 Å². The van der Waals surface area contributed by atoms with Gasteiger partial charge in [0.25, 0.3) is 5.91 Å². The van der Waals surface area contributed by atoms with Gasteiger partial charge in [-0.25, -0.2) is 5.43 Å². The van der Waals surface area contributed by atoms with Crippen LogP contribution in [0.25, 0.3) is 0 Å². The summed E-state index contributed by atoms with van der Waals surface area (Å²) in [7, 11) is 0. The summed E-state index contributed by atoms with van der Waals surface area (Å²) in [6, 6.07) is 10.9. The summed E-state index contributed by atoms with van der Waals surface area (Å²) in [5.74, 6) is 0.808. The Morgan fingerprint density at radius 2 is 1.96 bits per heavy atom. The minimum atomic E-state index is -0.340. The van der Waals surface area contributed by atoms with Gasteiger partial charge in [0.15, 0.2) is 18.1 Å². The zero-order chi connectivity index (χ0) is 19.1. The first-order valence-electron chi connectivity index (χ1n) is 9.18. The first-order valence-corrected chi connectivity index (χ1v) is 9.18. The molecule has 2 aromatic rings. The summed E-state index contributed by atoms with van der Waals surface area (Å²) in [6.45, 7) is 2.18. The van der Waals surface area contributed by atoms with Crippen molar-refractivity contribution in [1.82, 2.24) is 5.43 Å². The summed E-state index contributed by atoms with van der Waals surface area (Å²) >= 11 is 0. The van der Waals surface area contributed by atoms with Crippen molar-refractivity contribution in [3.05, 3.63) is 53.1 Å². The largest absolute Gasteiger partial charge is 0.504 e. The molecule has 6 nitrogen and oxygen atoms in total. The highest BCUT2D eigenvalue weighted by molar-refractivity contribution is 5.83. The van der Waals surface area contributed by atoms with E-state index in [2.05, 4.69) is 16.6 Å². The van der Waals surface area contributed by atoms with Crippen LogP contribution in [0.15, 0.2) is 41.5 Å². The van der Waals surface area contributed by atoms with Crippen LogP contribution in [0.3, 0.4) is 0 Å². The SMILES string of the molecule is CCOc1cc(/C=N\NC(=O)COc2ccc3c(c2)CCCC3)ccc1O. The number of phenolic OH excluding ortho intramolecular Hbond substituents is 1. The Bertz CT molecular complexity index is 833. The Labute approximate surface area is 158 Å². The van der Waals surface area contributed by atoms with Crippen LogP contribution in [0.1, 0.15) is 36.5 Å². The number of hydrogen-bond acceptors (Lipinski definition) is 5. The Morgan fingerprint density at radius 1 is 1.15 bits per heavy atom. The van der Waals surface area contributed by atoms with Crippen molar-refractivity contribution in [2.45, 2.75) is 32.6 Å². The van der Waals surface area contributed by atoms with Crippen molar-refractivity contribution >= 4 is 12.1 Å². The molecule has 0 saturated carbocycles. The molecule has 0 heterocycles. The molecule has 0 saturated heterocycles. The standard InChI is InChI=1S/C21H24N2O4/c1-2-26-20-11-15(7-10-19(20)24)13-22-23-21(25)14-27-18-9-8-16-5-3-4-6-17(16)12-18/h7-13,24H,2-6,14H2,1H3,(H,23,25)/b22-13-. The topological polar surface area (TPSA) is 80.2 Å². The van der Waals surface area contributed by atoms with Gasteiger partial charge in [0.1, 0.15) is 5.75 Å². The molecule has 0 bridgehead atoms. The molecule has 2 aromatic carbocycles. The third-order valence-corrected chi connectivity index (χ3v) is 4.38. The summed E-state index contributed by atoms with van der Waals surface area (Å²) in [4.78, 5) is 11.9. The van der Waals surface area contributed by atoms with Crippen LogP contribution in [0.5, 0.6) is 17.2 Å². The van der Waals surface area contributed by atoms with Crippen LogP contribution in [-0.2, 0) is 17.6 Å². The number of hydrazone groups is 1. The smallest absolute Gasteiger partial charge is 0.277 e. The van der Waals surface area contributed by atoms with Crippen molar-refractivity contribution in [3.63, 3.8) is 0 Å². The molecule has 6 heteroatoms. The van der Waals surface area contributed by atoms with E-state index in [-0.39, 0.29) is 18.3 Å². The molecular weight excluding hydrogens is 344 g/mol. The van der Waals surface area contributed by atoms with Crippen molar-refractivity contribution < 1.29 is 19.4 Å². The number of ether oxygens (including phenoxy) is 2. The maximum absolute atomic E-state index is 11.9. The summed E-state index contributed by atoms with van der Waals surface area (Å²) in [5.41, 5.74) is 5.83. The number of amides is 1. The number of hydrogen-bond donors (Lipinski definition) is 2. The van der Waals surface area contributed by atoms with Crippen LogP contribution < -0.4 is 14.9 Å². The number of aromatic hydroxyl groups is 1. The molecule has 0 spiro atoms. The highest BCUT2D eigenvalue weighted by Crippen LogP contribution is 2.26. The molecule has 1 amide bonds. The van der Waals surface area contributed by atoms with Crippen molar-refractivity contribution in [2.75, 3.05) is 13.2 Å². The maximum atomic E-state index is 11.9. The number of nitrogens with zero attached hydrogens (tertiary/aromatic N) is 1. The lowest BCUT2D eigenvalue weighted by atomic mass is 9.92. The second-order valence-corrected chi connectivity index (χ2v) is 6.38. The number of fused-ring (bicyclic) bond motifs is 1. The molecule has 2 N–H and O–H groups in total. The zero-order valence-electron chi connectivity index (χ0n) is 15.4. The highest BCUT2D eigenvalue weighted by atomic mass is 16.5. The van der Waals surface area contributed by atoms with Gasteiger partial charge in [0.05, 0.1) is 12.8 Å². The predicted molar refractivity (Wildman–Crippen MR) is 104 cm³/mol. The molecule has 27 heavy (non-hydrogen) atoms. The average Bonchev–Trinajstić information content (AvgIpc) is 2.69. The molecule has 142 valence electrons. The average molecular weight is 368 g/mol. The number of rotatable bonds is 7. The second kappa shape index (κ2) is 9.07. The van der Waals surface area contributed by atoms with Crippen molar-refractivity contribution in [2.24, 2.45) is 5.10 Å². The monoisotopic (exact) mass is 368 g/mol. The summed E-state index contributed by atoms with van der Waals surface area (Å²) in [6.07, 6.45) is 6.11. The van der Waals surface area contributed by atoms with Gasteiger partial charge in [-0.1, -0.05) is 6.07 Å². The number of benzene rings is 2. The van der Waals surface area contributed by atoms with Crippen LogP contribution in [-0.4, -0.2) is 30.4 Å². The lowest BCUT2D eigenvalue weighted by Gasteiger charge is -2.16. The Morgan fingerprint density at radius 3 is 2.78 bits per heavy atom. The van der Waals surface area contributed by atoms with E-state index >= 15 is 0 Å². The number of aryl methyl sites for hydroxylation is 2. The van der Waals surface area contributed by atoms with E-state index in [1.54, 1.807) is 12.1 Å². The van der Waals surface area contributed by atoms with Gasteiger partial charge in [0, 0.05) is 0 Å². The molecular formula is C21H24N2O4. The molecule has 3 rings (SSSR count). The van der Waals surface area contributed by atoms with Gasteiger partial charge in [-0.3, -0.25) is 4.79 Å². The molecule has 0 fully saturated rings. The maximum Gasteiger partial charge on any atom is 0.277 e. The molecule has 0 atom stereocenters. The number of carbonyl (C=O) groups excluding carboxylic acids is 1. The van der Waals surface area contributed by atoms with Crippen molar-refractivity contribution in [3.8, 4) is 17.2 Å². The normalized spacial score (nSPS) is 13.2. The van der Waals surface area contributed by atoms with Gasteiger partial charge in [-0.2, -0.15) is 5.10 Å². The van der Waals surface area contributed by atoms with Crippen LogP contribution in [0.4, 0.5) is 0 Å². The lowest BCUT2D eigenvalue weighted by molar-refractivity contribution is -0.123. The molecule has 0 radical (unpaired) electrons. The van der Waals surface area contributed by atoms with Gasteiger partial charge >= 0.3 is 0 Å². The first kappa shape index (κ1) is 18.8. The van der Waals surface area contributed by atoms with E-state index in [0.717, 1.165) is 12.8 Å². The third kappa shape index (κ3) is 5.23. The quantitative estimate of drug-likeness (QED) is 0.581. The van der Waals surface area contributed by atoms with E-state index in [9.17, 15) is 9.90 Å². The van der Waals surface area contributed by atoms with E-state index in [4.69, 9.17) is 9.47 Å². The summed E-state index contributed by atoms with van der Waals surface area (Å²) < 4.78 is 10.9.